The van der Waals surface area contributed by atoms with Crippen LogP contribution in [0.3, 0.4) is 0 Å². The van der Waals surface area contributed by atoms with Crippen molar-refractivity contribution in [3.8, 4) is 5.75 Å². The van der Waals surface area contributed by atoms with Gasteiger partial charge in [0, 0.05) is 24.0 Å². The molecule has 1 heterocycles. The summed E-state index contributed by atoms with van der Waals surface area (Å²) in [6.07, 6.45) is 1.01. The fourth-order valence-electron chi connectivity index (χ4n) is 3.66. The molecule has 3 rings (SSSR count). The highest BCUT2D eigenvalue weighted by atomic mass is 35.5. The molecule has 0 bridgehead atoms. The summed E-state index contributed by atoms with van der Waals surface area (Å²) < 4.78 is 32.7. The van der Waals surface area contributed by atoms with Gasteiger partial charge in [-0.2, -0.15) is 0 Å². The van der Waals surface area contributed by atoms with Gasteiger partial charge >= 0.3 is 0 Å². The number of ether oxygens (including phenoxy) is 1. The maximum atomic E-state index is 12.7. The van der Waals surface area contributed by atoms with Crippen molar-refractivity contribution >= 4 is 27.5 Å². The van der Waals surface area contributed by atoms with Gasteiger partial charge in [-0.3, -0.25) is 4.79 Å². The van der Waals surface area contributed by atoms with E-state index in [2.05, 4.69) is 5.32 Å². The van der Waals surface area contributed by atoms with Crippen LogP contribution in [0.25, 0.3) is 0 Å². The molecule has 2 aromatic carbocycles. The average Bonchev–Trinajstić information content (AvgIpc) is 2.75. The molecule has 0 unspecified atom stereocenters. The Balaban J connectivity index is 1.43. The summed E-state index contributed by atoms with van der Waals surface area (Å²) in [5.41, 5.74) is 2.85. The first-order chi connectivity index (χ1) is 14.8. The molecule has 1 fully saturated rings. The van der Waals surface area contributed by atoms with Gasteiger partial charge in [-0.25, -0.2) is 12.7 Å². The first-order valence-corrected chi connectivity index (χ1v) is 12.4. The van der Waals surface area contributed by atoms with Crippen LogP contribution in [0.2, 0.25) is 5.02 Å². The third kappa shape index (κ3) is 6.21. The zero-order valence-electron chi connectivity index (χ0n) is 17.9. The SMILES string of the molecule is Cc1cccc(OCCNC(=O)C2CCN(S(=O)(=O)Cc3ccccc3Cl)CC2)c1C. The lowest BCUT2D eigenvalue weighted by Crippen LogP contribution is -2.44. The van der Waals surface area contributed by atoms with E-state index < -0.39 is 10.0 Å². The van der Waals surface area contributed by atoms with Gasteiger partial charge in [0.1, 0.15) is 12.4 Å². The van der Waals surface area contributed by atoms with E-state index in [0.29, 0.717) is 49.7 Å². The van der Waals surface area contributed by atoms with Gasteiger partial charge in [0.25, 0.3) is 0 Å². The van der Waals surface area contributed by atoms with Crippen molar-refractivity contribution in [3.05, 3.63) is 64.2 Å². The number of nitrogens with one attached hydrogen (secondary N) is 1. The maximum absolute atomic E-state index is 12.7. The third-order valence-corrected chi connectivity index (χ3v) is 7.92. The molecule has 1 aliphatic rings. The molecular formula is C23H29ClN2O4S. The number of benzene rings is 2. The van der Waals surface area contributed by atoms with Crippen molar-refractivity contribution in [2.24, 2.45) is 5.92 Å². The van der Waals surface area contributed by atoms with Gasteiger partial charge in [-0.1, -0.05) is 41.9 Å². The van der Waals surface area contributed by atoms with Gasteiger partial charge in [-0.05, 0) is 55.5 Å². The Morgan fingerprint density at radius 2 is 1.84 bits per heavy atom. The van der Waals surface area contributed by atoms with Gasteiger partial charge in [-0.15, -0.1) is 0 Å². The molecule has 1 N–H and O–H groups in total. The number of nitrogens with zero attached hydrogens (tertiary/aromatic N) is 1. The van der Waals surface area contributed by atoms with Crippen molar-refractivity contribution < 1.29 is 17.9 Å². The number of carbonyl (C=O) groups excluding carboxylic acids is 1. The van der Waals surface area contributed by atoms with E-state index in [9.17, 15) is 13.2 Å². The zero-order valence-corrected chi connectivity index (χ0v) is 19.5. The number of aryl methyl sites for hydroxylation is 1. The fraction of sp³-hybridized carbons (Fsp3) is 0.435. The van der Waals surface area contributed by atoms with Crippen LogP contribution in [0.1, 0.15) is 29.5 Å². The molecule has 0 saturated carbocycles. The fourth-order valence-corrected chi connectivity index (χ4v) is 5.54. The lowest BCUT2D eigenvalue weighted by Gasteiger charge is -2.30. The lowest BCUT2D eigenvalue weighted by molar-refractivity contribution is -0.126. The number of amides is 1. The molecule has 8 heteroatoms. The highest BCUT2D eigenvalue weighted by Crippen LogP contribution is 2.24. The average molecular weight is 465 g/mol. The van der Waals surface area contributed by atoms with Crippen molar-refractivity contribution in [2.75, 3.05) is 26.2 Å². The van der Waals surface area contributed by atoms with E-state index in [1.54, 1.807) is 24.3 Å². The van der Waals surface area contributed by atoms with E-state index in [4.69, 9.17) is 16.3 Å². The minimum atomic E-state index is -3.47. The number of hydrogen-bond acceptors (Lipinski definition) is 4. The smallest absolute Gasteiger partial charge is 0.223 e. The van der Waals surface area contributed by atoms with Gasteiger partial charge in [0.05, 0.1) is 12.3 Å². The molecular weight excluding hydrogens is 436 g/mol. The van der Waals surface area contributed by atoms with Gasteiger partial charge < -0.3 is 10.1 Å². The Labute approximate surface area is 189 Å². The Kier molecular flexibility index (Phi) is 7.97. The quantitative estimate of drug-likeness (QED) is 0.604. The standard InChI is InChI=1S/C23H29ClN2O4S/c1-17-6-5-9-22(18(17)2)30-15-12-25-23(27)19-10-13-26(14-11-19)31(28,29)16-20-7-3-4-8-21(20)24/h3-9,19H,10-16H2,1-2H3,(H,25,27). The van der Waals surface area contributed by atoms with Crippen LogP contribution in [0, 0.1) is 19.8 Å². The Morgan fingerprint density at radius 1 is 1.13 bits per heavy atom. The Morgan fingerprint density at radius 3 is 2.55 bits per heavy atom. The van der Waals surface area contributed by atoms with Crippen LogP contribution in [0.4, 0.5) is 0 Å². The summed E-state index contributed by atoms with van der Waals surface area (Å²) in [4.78, 5) is 12.5. The number of piperidine rings is 1. The number of rotatable bonds is 8. The molecule has 0 spiro atoms. The van der Waals surface area contributed by atoms with Crippen LogP contribution in [-0.2, 0) is 20.6 Å². The third-order valence-electron chi connectivity index (χ3n) is 5.73. The van der Waals surface area contributed by atoms with E-state index in [1.807, 2.05) is 32.0 Å². The predicted molar refractivity (Wildman–Crippen MR) is 123 cm³/mol. The minimum Gasteiger partial charge on any atom is -0.491 e. The monoisotopic (exact) mass is 464 g/mol. The lowest BCUT2D eigenvalue weighted by atomic mass is 9.97. The van der Waals surface area contributed by atoms with Crippen LogP contribution in [-0.4, -0.2) is 44.9 Å². The van der Waals surface area contributed by atoms with Crippen LogP contribution in [0.15, 0.2) is 42.5 Å². The first kappa shape index (κ1) is 23.6. The van der Waals surface area contributed by atoms with E-state index in [1.165, 1.54) is 4.31 Å². The minimum absolute atomic E-state index is 0.0484. The largest absolute Gasteiger partial charge is 0.491 e. The Bertz CT molecular complexity index is 1020. The molecule has 0 aromatic heterocycles. The first-order valence-electron chi connectivity index (χ1n) is 10.5. The molecule has 0 radical (unpaired) electrons. The van der Waals surface area contributed by atoms with E-state index in [0.717, 1.165) is 16.9 Å². The summed E-state index contributed by atoms with van der Waals surface area (Å²) in [5.74, 6) is 0.464. The Hall–Kier alpha value is -2.09. The van der Waals surface area contributed by atoms with E-state index in [-0.39, 0.29) is 17.6 Å². The molecule has 1 aliphatic heterocycles. The zero-order chi connectivity index (χ0) is 22.4. The van der Waals surface area contributed by atoms with Gasteiger partial charge in [0.15, 0.2) is 0 Å². The highest BCUT2D eigenvalue weighted by Gasteiger charge is 2.31. The normalized spacial score (nSPS) is 15.6. The molecule has 0 aliphatic carbocycles. The van der Waals surface area contributed by atoms with Crippen LogP contribution in [0.5, 0.6) is 5.75 Å². The van der Waals surface area contributed by atoms with Crippen molar-refractivity contribution in [3.63, 3.8) is 0 Å². The summed E-state index contributed by atoms with van der Waals surface area (Å²) in [5, 5.41) is 3.36. The van der Waals surface area contributed by atoms with Gasteiger partial charge in [0.2, 0.25) is 15.9 Å². The molecule has 0 atom stereocenters. The molecule has 31 heavy (non-hydrogen) atoms. The number of halogens is 1. The summed E-state index contributed by atoms with van der Waals surface area (Å²) >= 11 is 6.10. The molecule has 2 aromatic rings. The van der Waals surface area contributed by atoms with Crippen LogP contribution >= 0.6 is 11.6 Å². The highest BCUT2D eigenvalue weighted by molar-refractivity contribution is 7.88. The van der Waals surface area contributed by atoms with Crippen molar-refractivity contribution in [1.29, 1.82) is 0 Å². The summed E-state index contributed by atoms with van der Waals surface area (Å²) in [6, 6.07) is 12.9. The summed E-state index contributed by atoms with van der Waals surface area (Å²) in [6.45, 7) is 5.52. The van der Waals surface area contributed by atoms with E-state index >= 15 is 0 Å². The maximum Gasteiger partial charge on any atom is 0.223 e. The number of carbonyl (C=O) groups is 1. The number of hydrogen-bond donors (Lipinski definition) is 1. The van der Waals surface area contributed by atoms with Crippen molar-refractivity contribution in [1.82, 2.24) is 9.62 Å². The molecule has 1 saturated heterocycles. The molecule has 168 valence electrons. The second-order valence-electron chi connectivity index (χ2n) is 7.86. The van der Waals surface area contributed by atoms with Crippen molar-refractivity contribution in [2.45, 2.75) is 32.4 Å². The molecule has 1 amide bonds. The second-order valence-corrected chi connectivity index (χ2v) is 10.2. The topological polar surface area (TPSA) is 75.7 Å². The number of sulfonamides is 1. The second kappa shape index (κ2) is 10.5. The summed E-state index contributed by atoms with van der Waals surface area (Å²) in [7, 11) is -3.47. The molecule has 6 nitrogen and oxygen atoms in total. The van der Waals surface area contributed by atoms with Crippen LogP contribution < -0.4 is 10.1 Å². The predicted octanol–water partition coefficient (Wildman–Crippen LogP) is 3.69.